The van der Waals surface area contributed by atoms with Gasteiger partial charge in [0.05, 0.1) is 0 Å². The molecule has 0 spiro atoms. The van der Waals surface area contributed by atoms with Crippen LogP contribution < -0.4 is 4.74 Å². The lowest BCUT2D eigenvalue weighted by Crippen LogP contribution is -2.17. The molecule has 5 heteroatoms. The highest BCUT2D eigenvalue weighted by Crippen LogP contribution is 2.35. The van der Waals surface area contributed by atoms with Crippen LogP contribution in [0.15, 0.2) is 35.0 Å². The second kappa shape index (κ2) is 4.41. The van der Waals surface area contributed by atoms with Gasteiger partial charge >= 0.3 is 6.36 Å². The SMILES string of the molecule is Cc1ccc(OC(F)(F)F)c(-c2ccsc2)c1. The first kappa shape index (κ1) is 12.0. The molecule has 0 aliphatic carbocycles. The Labute approximate surface area is 100 Å². The molecule has 1 aromatic carbocycles. The summed E-state index contributed by atoms with van der Waals surface area (Å²) in [7, 11) is 0. The molecule has 0 bridgehead atoms. The average molecular weight is 258 g/mol. The van der Waals surface area contributed by atoms with Gasteiger partial charge in [-0.15, -0.1) is 13.2 Å². The average Bonchev–Trinajstić information content (AvgIpc) is 2.71. The first-order valence-corrected chi connectivity index (χ1v) is 5.79. The van der Waals surface area contributed by atoms with Crippen LogP contribution in [0.4, 0.5) is 13.2 Å². The minimum atomic E-state index is -4.67. The van der Waals surface area contributed by atoms with Crippen molar-refractivity contribution in [2.75, 3.05) is 0 Å². The van der Waals surface area contributed by atoms with Gasteiger partial charge in [-0.25, -0.2) is 0 Å². The molecule has 1 nitrogen and oxygen atoms in total. The molecular formula is C12H9F3OS. The number of aryl methyl sites for hydroxylation is 1. The van der Waals surface area contributed by atoms with E-state index >= 15 is 0 Å². The van der Waals surface area contributed by atoms with Crippen molar-refractivity contribution >= 4 is 11.3 Å². The van der Waals surface area contributed by atoms with Gasteiger partial charge in [0.1, 0.15) is 5.75 Å². The van der Waals surface area contributed by atoms with E-state index in [1.54, 1.807) is 23.6 Å². The lowest BCUT2D eigenvalue weighted by atomic mass is 10.1. The molecule has 90 valence electrons. The quantitative estimate of drug-likeness (QED) is 0.763. The summed E-state index contributed by atoms with van der Waals surface area (Å²) in [5.41, 5.74) is 2.09. The number of rotatable bonds is 2. The number of ether oxygens (including phenoxy) is 1. The molecule has 1 heterocycles. The van der Waals surface area contributed by atoms with E-state index in [2.05, 4.69) is 4.74 Å². The molecule has 0 radical (unpaired) electrons. The van der Waals surface area contributed by atoms with Gasteiger partial charge in [-0.2, -0.15) is 11.3 Å². The van der Waals surface area contributed by atoms with Crippen LogP contribution in [-0.2, 0) is 0 Å². The zero-order valence-corrected chi connectivity index (χ0v) is 9.73. The minimum absolute atomic E-state index is 0.165. The van der Waals surface area contributed by atoms with E-state index in [4.69, 9.17) is 0 Å². The van der Waals surface area contributed by atoms with E-state index in [0.717, 1.165) is 11.1 Å². The van der Waals surface area contributed by atoms with Crippen molar-refractivity contribution in [2.24, 2.45) is 0 Å². The summed E-state index contributed by atoms with van der Waals surface area (Å²) in [5.74, 6) is -0.165. The van der Waals surface area contributed by atoms with Crippen LogP contribution in [0, 0.1) is 6.92 Å². The van der Waals surface area contributed by atoms with Gasteiger partial charge in [-0.1, -0.05) is 11.6 Å². The van der Waals surface area contributed by atoms with Crippen molar-refractivity contribution in [3.63, 3.8) is 0 Å². The zero-order valence-electron chi connectivity index (χ0n) is 8.91. The molecule has 0 fully saturated rings. The standard InChI is InChI=1S/C12H9F3OS/c1-8-2-3-11(16-12(13,14)15)10(6-8)9-4-5-17-7-9/h2-7H,1H3. The maximum absolute atomic E-state index is 12.2. The van der Waals surface area contributed by atoms with Gasteiger partial charge < -0.3 is 4.74 Å². The van der Waals surface area contributed by atoms with Crippen molar-refractivity contribution in [2.45, 2.75) is 13.3 Å². The molecule has 0 unspecified atom stereocenters. The second-order valence-electron chi connectivity index (χ2n) is 3.56. The van der Waals surface area contributed by atoms with Gasteiger partial charge in [-0.05, 0) is 41.4 Å². The Morgan fingerprint density at radius 2 is 1.94 bits per heavy atom. The Hall–Kier alpha value is -1.49. The van der Waals surface area contributed by atoms with E-state index in [9.17, 15) is 13.2 Å². The summed E-state index contributed by atoms with van der Waals surface area (Å²) < 4.78 is 40.7. The summed E-state index contributed by atoms with van der Waals surface area (Å²) in [6.45, 7) is 1.83. The van der Waals surface area contributed by atoms with Crippen LogP contribution in [0.25, 0.3) is 11.1 Å². The van der Waals surface area contributed by atoms with Gasteiger partial charge in [0.15, 0.2) is 0 Å². The summed E-state index contributed by atoms with van der Waals surface area (Å²) >= 11 is 1.43. The van der Waals surface area contributed by atoms with Crippen molar-refractivity contribution in [1.82, 2.24) is 0 Å². The molecule has 1 aromatic heterocycles. The summed E-state index contributed by atoms with van der Waals surface area (Å²) in [6, 6.07) is 6.39. The molecule has 2 aromatic rings. The fourth-order valence-electron chi connectivity index (χ4n) is 1.50. The van der Waals surface area contributed by atoms with Crippen LogP contribution in [0.2, 0.25) is 0 Å². The molecular weight excluding hydrogens is 249 g/mol. The van der Waals surface area contributed by atoms with Crippen molar-refractivity contribution in [3.05, 3.63) is 40.6 Å². The van der Waals surface area contributed by atoms with E-state index in [1.165, 1.54) is 17.4 Å². The Morgan fingerprint density at radius 1 is 1.18 bits per heavy atom. The number of hydrogen-bond donors (Lipinski definition) is 0. The van der Waals surface area contributed by atoms with Gasteiger partial charge in [0.25, 0.3) is 0 Å². The third kappa shape index (κ3) is 3.00. The zero-order chi connectivity index (χ0) is 12.5. The molecule has 0 saturated heterocycles. The summed E-state index contributed by atoms with van der Waals surface area (Å²) in [4.78, 5) is 0. The predicted octanol–water partition coefficient (Wildman–Crippen LogP) is 4.62. The van der Waals surface area contributed by atoms with Crippen LogP contribution in [-0.4, -0.2) is 6.36 Å². The monoisotopic (exact) mass is 258 g/mol. The second-order valence-corrected chi connectivity index (χ2v) is 4.34. The molecule has 0 saturated carbocycles. The highest BCUT2D eigenvalue weighted by atomic mass is 32.1. The number of hydrogen-bond acceptors (Lipinski definition) is 2. The molecule has 0 amide bonds. The molecule has 2 rings (SSSR count). The lowest BCUT2D eigenvalue weighted by molar-refractivity contribution is -0.274. The fraction of sp³-hybridized carbons (Fsp3) is 0.167. The number of alkyl halides is 3. The number of thiophene rings is 1. The lowest BCUT2D eigenvalue weighted by Gasteiger charge is -2.13. The van der Waals surface area contributed by atoms with E-state index in [1.807, 2.05) is 12.3 Å². The molecule has 0 aliphatic heterocycles. The van der Waals surface area contributed by atoms with Gasteiger partial charge in [-0.3, -0.25) is 0 Å². The third-order valence-electron chi connectivity index (χ3n) is 2.19. The van der Waals surface area contributed by atoms with E-state index in [-0.39, 0.29) is 5.75 Å². The largest absolute Gasteiger partial charge is 0.573 e. The van der Waals surface area contributed by atoms with Crippen molar-refractivity contribution < 1.29 is 17.9 Å². The highest BCUT2D eigenvalue weighted by Gasteiger charge is 2.32. The van der Waals surface area contributed by atoms with Gasteiger partial charge in [0, 0.05) is 5.56 Å². The molecule has 0 aliphatic rings. The molecule has 17 heavy (non-hydrogen) atoms. The summed E-state index contributed by atoms with van der Waals surface area (Å²) in [6.07, 6.45) is -4.67. The maximum Gasteiger partial charge on any atom is 0.573 e. The van der Waals surface area contributed by atoms with Crippen LogP contribution in [0.3, 0.4) is 0 Å². The van der Waals surface area contributed by atoms with Gasteiger partial charge in [0.2, 0.25) is 0 Å². The minimum Gasteiger partial charge on any atom is -0.405 e. The Morgan fingerprint density at radius 3 is 2.53 bits per heavy atom. The Kier molecular flexibility index (Phi) is 3.11. The third-order valence-corrected chi connectivity index (χ3v) is 2.88. The first-order chi connectivity index (χ1) is 7.96. The Balaban J connectivity index is 2.45. The van der Waals surface area contributed by atoms with Crippen molar-refractivity contribution in [1.29, 1.82) is 0 Å². The molecule has 0 N–H and O–H groups in total. The summed E-state index contributed by atoms with van der Waals surface area (Å²) in [5, 5.41) is 3.60. The maximum atomic E-state index is 12.2. The number of halogens is 3. The Bertz CT molecular complexity index is 503. The van der Waals surface area contributed by atoms with E-state index < -0.39 is 6.36 Å². The van der Waals surface area contributed by atoms with Crippen molar-refractivity contribution in [3.8, 4) is 16.9 Å². The smallest absolute Gasteiger partial charge is 0.405 e. The van der Waals surface area contributed by atoms with Crippen LogP contribution >= 0.6 is 11.3 Å². The number of benzene rings is 1. The normalized spacial score (nSPS) is 11.5. The first-order valence-electron chi connectivity index (χ1n) is 4.85. The predicted molar refractivity (Wildman–Crippen MR) is 61.2 cm³/mol. The highest BCUT2D eigenvalue weighted by molar-refractivity contribution is 7.08. The molecule has 0 atom stereocenters. The fourth-order valence-corrected chi connectivity index (χ4v) is 2.16. The van der Waals surface area contributed by atoms with Crippen LogP contribution in [0.1, 0.15) is 5.56 Å². The topological polar surface area (TPSA) is 9.23 Å². The van der Waals surface area contributed by atoms with E-state index in [0.29, 0.717) is 5.56 Å². The van der Waals surface area contributed by atoms with Crippen LogP contribution in [0.5, 0.6) is 5.75 Å².